The fourth-order valence-electron chi connectivity index (χ4n) is 1.22. The van der Waals surface area contributed by atoms with Gasteiger partial charge in [-0.05, 0) is 13.8 Å². The molecule has 86 valence electrons. The van der Waals surface area contributed by atoms with E-state index in [0.717, 1.165) is 0 Å². The van der Waals surface area contributed by atoms with Crippen molar-refractivity contribution in [2.45, 2.75) is 26.3 Å². The highest BCUT2D eigenvalue weighted by atomic mass is 35.5. The second-order valence-electron chi connectivity index (χ2n) is 2.97. The first kappa shape index (κ1) is 13.9. The van der Waals surface area contributed by atoms with Gasteiger partial charge in [0, 0.05) is 0 Å². The number of rotatable bonds is 3. The van der Waals surface area contributed by atoms with Gasteiger partial charge in [0.05, 0.1) is 11.9 Å². The highest BCUT2D eigenvalue weighted by Gasteiger charge is 2.20. The molecule has 0 radical (unpaired) electrons. The van der Waals surface area contributed by atoms with E-state index in [1.807, 2.05) is 0 Å². The molecule has 4 N–H and O–H groups in total. The van der Waals surface area contributed by atoms with E-state index in [0.29, 0.717) is 11.5 Å². The molecule has 7 heteroatoms. The Morgan fingerprint density at radius 2 is 1.87 bits per heavy atom. The maximum Gasteiger partial charge on any atom is 0.159 e. The molecule has 0 amide bonds. The van der Waals surface area contributed by atoms with Gasteiger partial charge in [0.2, 0.25) is 0 Å². The van der Waals surface area contributed by atoms with Crippen LogP contribution in [0.4, 0.5) is 11.5 Å². The van der Waals surface area contributed by atoms with E-state index >= 15 is 0 Å². The lowest BCUT2D eigenvalue weighted by Crippen LogP contribution is -2.41. The lowest BCUT2D eigenvalue weighted by molar-refractivity contribution is 0.104. The van der Waals surface area contributed by atoms with Crippen LogP contribution < -0.4 is 10.6 Å². The van der Waals surface area contributed by atoms with Crippen LogP contribution in [0, 0.1) is 0 Å². The number of halogens is 1. The van der Waals surface area contributed by atoms with E-state index in [1.165, 1.54) is 31.3 Å². The fraction of sp³-hybridized carbons (Fsp3) is 0.500. The molecule has 1 aromatic heterocycles. The van der Waals surface area contributed by atoms with E-state index in [2.05, 4.69) is 9.97 Å². The van der Waals surface area contributed by atoms with Gasteiger partial charge in [-0.2, -0.15) is 0 Å². The fourth-order valence-corrected chi connectivity index (χ4v) is 1.22. The largest absolute Gasteiger partial charge is 0.394 e. The second-order valence-corrected chi connectivity index (χ2v) is 2.97. The number of anilines is 2. The second kappa shape index (κ2) is 5.69. The summed E-state index contributed by atoms with van der Waals surface area (Å²) in [6.45, 7) is 3.04. The third-order valence-electron chi connectivity index (χ3n) is 1.77. The Bertz CT molecular complexity index is 300. The summed E-state index contributed by atoms with van der Waals surface area (Å²) in [7, 11) is 0. The van der Waals surface area contributed by atoms with Gasteiger partial charge in [-0.25, -0.2) is 9.97 Å². The maximum absolute atomic E-state index is 9.41. The molecular weight excluding hydrogens is 220 g/mol. The topological polar surface area (TPSA) is 95.5 Å². The third-order valence-corrected chi connectivity index (χ3v) is 1.77. The Morgan fingerprint density at radius 3 is 2.27 bits per heavy atom. The van der Waals surface area contributed by atoms with E-state index in [9.17, 15) is 10.2 Å². The van der Waals surface area contributed by atoms with Crippen molar-refractivity contribution in [3.63, 3.8) is 0 Å². The number of nitrogen functional groups attached to an aromatic ring is 1. The number of aliphatic hydroxyl groups is 2. The molecule has 1 rings (SSSR count). The van der Waals surface area contributed by atoms with E-state index in [4.69, 9.17) is 5.73 Å². The van der Waals surface area contributed by atoms with Crippen molar-refractivity contribution in [2.75, 3.05) is 10.6 Å². The number of hydrogen-bond acceptors (Lipinski definition) is 6. The molecule has 1 heterocycles. The SMILES string of the molecule is CC(O)N(c1ncncc1N)C(C)O.Cl. The molecule has 0 aromatic carbocycles. The van der Waals surface area contributed by atoms with Crippen molar-refractivity contribution in [3.05, 3.63) is 12.5 Å². The Kier molecular flexibility index (Phi) is 5.27. The molecule has 0 bridgehead atoms. The van der Waals surface area contributed by atoms with Crippen LogP contribution in [0.1, 0.15) is 13.8 Å². The molecule has 15 heavy (non-hydrogen) atoms. The molecule has 0 spiro atoms. The Labute approximate surface area is 94.2 Å². The van der Waals surface area contributed by atoms with Crippen molar-refractivity contribution in [1.29, 1.82) is 0 Å². The Balaban J connectivity index is 0.00000196. The first-order chi connectivity index (χ1) is 6.54. The summed E-state index contributed by atoms with van der Waals surface area (Å²) in [5, 5.41) is 18.8. The minimum atomic E-state index is -0.868. The summed E-state index contributed by atoms with van der Waals surface area (Å²) in [5.41, 5.74) is 5.92. The first-order valence-corrected chi connectivity index (χ1v) is 4.24. The molecule has 2 unspecified atom stereocenters. The van der Waals surface area contributed by atoms with Crippen LogP contribution in [-0.2, 0) is 0 Å². The van der Waals surface area contributed by atoms with Gasteiger partial charge in [0.15, 0.2) is 5.82 Å². The average molecular weight is 235 g/mol. The van der Waals surface area contributed by atoms with Crippen molar-refractivity contribution >= 4 is 23.9 Å². The quantitative estimate of drug-likeness (QED) is 0.636. The Morgan fingerprint density at radius 1 is 1.33 bits per heavy atom. The molecule has 0 saturated carbocycles. The predicted octanol–water partition coefficient (Wildman–Crippen LogP) is -0.0364. The molecule has 2 atom stereocenters. The van der Waals surface area contributed by atoms with Crippen LogP contribution in [0.3, 0.4) is 0 Å². The minimum Gasteiger partial charge on any atom is -0.394 e. The van der Waals surface area contributed by atoms with Crippen LogP contribution in [0.5, 0.6) is 0 Å². The van der Waals surface area contributed by atoms with Gasteiger partial charge in [-0.1, -0.05) is 0 Å². The summed E-state index contributed by atoms with van der Waals surface area (Å²) in [5.74, 6) is 0.324. The summed E-state index contributed by atoms with van der Waals surface area (Å²) in [6, 6.07) is 0. The van der Waals surface area contributed by atoms with Gasteiger partial charge in [0.1, 0.15) is 18.8 Å². The smallest absolute Gasteiger partial charge is 0.159 e. The zero-order valence-electron chi connectivity index (χ0n) is 8.53. The maximum atomic E-state index is 9.41. The van der Waals surface area contributed by atoms with Gasteiger partial charge < -0.3 is 20.8 Å². The molecule has 0 fully saturated rings. The van der Waals surface area contributed by atoms with Crippen molar-refractivity contribution in [3.8, 4) is 0 Å². The zero-order chi connectivity index (χ0) is 10.7. The van der Waals surface area contributed by atoms with Gasteiger partial charge in [-0.3, -0.25) is 0 Å². The van der Waals surface area contributed by atoms with Crippen molar-refractivity contribution in [1.82, 2.24) is 9.97 Å². The van der Waals surface area contributed by atoms with Crippen molar-refractivity contribution in [2.24, 2.45) is 0 Å². The molecule has 6 nitrogen and oxygen atoms in total. The number of nitrogens with two attached hydrogens (primary N) is 1. The Hall–Kier alpha value is -1.11. The molecular formula is C8H15ClN4O2. The lowest BCUT2D eigenvalue weighted by atomic mass is 10.3. The summed E-state index contributed by atoms with van der Waals surface area (Å²) >= 11 is 0. The lowest BCUT2D eigenvalue weighted by Gasteiger charge is -2.29. The van der Waals surface area contributed by atoms with Crippen LogP contribution in [0.2, 0.25) is 0 Å². The highest BCUT2D eigenvalue weighted by molar-refractivity contribution is 5.85. The van der Waals surface area contributed by atoms with Crippen LogP contribution in [0.25, 0.3) is 0 Å². The molecule has 0 saturated heterocycles. The normalized spacial score (nSPS) is 13.9. The van der Waals surface area contributed by atoms with E-state index in [-0.39, 0.29) is 12.4 Å². The average Bonchev–Trinajstić information content (AvgIpc) is 2.07. The predicted molar refractivity (Wildman–Crippen MR) is 59.5 cm³/mol. The van der Waals surface area contributed by atoms with Crippen molar-refractivity contribution < 1.29 is 10.2 Å². The van der Waals surface area contributed by atoms with Gasteiger partial charge >= 0.3 is 0 Å². The summed E-state index contributed by atoms with van der Waals surface area (Å²) in [4.78, 5) is 8.90. The number of nitrogens with zero attached hydrogens (tertiary/aromatic N) is 3. The number of aliphatic hydroxyl groups excluding tert-OH is 2. The standard InChI is InChI=1S/C8H14N4O2.ClH/c1-5(13)12(6(2)14)8-7(9)3-10-4-11-8;/h3-6,13-14H,9H2,1-2H3;1H. The minimum absolute atomic E-state index is 0. The number of hydrogen-bond donors (Lipinski definition) is 3. The summed E-state index contributed by atoms with van der Waals surface area (Å²) < 4.78 is 0. The molecule has 1 aromatic rings. The van der Waals surface area contributed by atoms with Crippen LogP contribution >= 0.6 is 12.4 Å². The third kappa shape index (κ3) is 3.19. The number of aromatic nitrogens is 2. The monoisotopic (exact) mass is 234 g/mol. The van der Waals surface area contributed by atoms with Gasteiger partial charge in [0.25, 0.3) is 0 Å². The highest BCUT2D eigenvalue weighted by Crippen LogP contribution is 2.21. The van der Waals surface area contributed by atoms with Crippen LogP contribution in [0.15, 0.2) is 12.5 Å². The van der Waals surface area contributed by atoms with E-state index in [1.54, 1.807) is 0 Å². The molecule has 0 aliphatic heterocycles. The first-order valence-electron chi connectivity index (χ1n) is 4.24. The van der Waals surface area contributed by atoms with Gasteiger partial charge in [-0.15, -0.1) is 12.4 Å². The van der Waals surface area contributed by atoms with E-state index < -0.39 is 12.5 Å². The van der Waals surface area contributed by atoms with Crippen LogP contribution in [-0.4, -0.2) is 32.6 Å². The summed E-state index contributed by atoms with van der Waals surface area (Å²) in [6.07, 6.45) is 0.989. The molecule has 0 aliphatic rings. The molecule has 0 aliphatic carbocycles. The zero-order valence-corrected chi connectivity index (χ0v) is 9.35.